The Morgan fingerprint density at radius 3 is 1.87 bits per heavy atom. The number of rotatable bonds is 8. The largest absolute Gasteiger partial charge is 0.456 e. The molecule has 1 aliphatic heterocycles. The SMILES string of the molecule is CC(C)(C)OC(=O)C[N+]1(CC(=O)OC(C)(C)C)CC1CCc1ccc([N+](=O)[O-])cc1. The summed E-state index contributed by atoms with van der Waals surface area (Å²) in [5, 5.41) is 10.8. The number of nitro groups is 1. The van der Waals surface area contributed by atoms with E-state index >= 15 is 0 Å². The van der Waals surface area contributed by atoms with Crippen LogP contribution in [0.1, 0.15) is 53.5 Å². The van der Waals surface area contributed by atoms with Gasteiger partial charge in [0.25, 0.3) is 5.69 Å². The van der Waals surface area contributed by atoms with Crippen molar-refractivity contribution in [3.63, 3.8) is 0 Å². The van der Waals surface area contributed by atoms with Crippen molar-refractivity contribution in [2.24, 2.45) is 0 Å². The fraction of sp³-hybridized carbons (Fsp3) is 0.636. The molecule has 8 heteroatoms. The van der Waals surface area contributed by atoms with Crippen molar-refractivity contribution in [1.29, 1.82) is 0 Å². The van der Waals surface area contributed by atoms with Crippen LogP contribution in [0.2, 0.25) is 0 Å². The lowest BCUT2D eigenvalue weighted by molar-refractivity contribution is -0.798. The number of quaternary nitrogens is 1. The summed E-state index contributed by atoms with van der Waals surface area (Å²) in [5.41, 5.74) is -0.126. The molecule has 0 saturated carbocycles. The second kappa shape index (κ2) is 8.71. The van der Waals surface area contributed by atoms with Gasteiger partial charge in [-0.1, -0.05) is 12.1 Å². The second-order valence-corrected chi connectivity index (χ2v) is 10.0. The lowest BCUT2D eigenvalue weighted by Gasteiger charge is -2.25. The Morgan fingerprint density at radius 2 is 1.47 bits per heavy atom. The molecule has 2 rings (SSSR count). The Hall–Kier alpha value is -2.48. The maximum atomic E-state index is 12.4. The second-order valence-electron chi connectivity index (χ2n) is 10.0. The van der Waals surface area contributed by atoms with E-state index in [9.17, 15) is 19.7 Å². The number of carbonyl (C=O) groups is 2. The molecule has 1 heterocycles. The number of aryl methyl sites for hydroxylation is 1. The first-order chi connectivity index (χ1) is 13.7. The van der Waals surface area contributed by atoms with Gasteiger partial charge in [0.1, 0.15) is 23.8 Å². The predicted octanol–water partition coefficient (Wildman–Crippen LogP) is 3.41. The zero-order valence-corrected chi connectivity index (χ0v) is 18.8. The van der Waals surface area contributed by atoms with E-state index < -0.39 is 16.1 Å². The molecule has 1 aliphatic rings. The fourth-order valence-corrected chi connectivity index (χ4v) is 3.56. The minimum absolute atomic E-state index is 0.0603. The van der Waals surface area contributed by atoms with Gasteiger partial charge in [0.15, 0.2) is 13.1 Å². The zero-order chi connectivity index (χ0) is 22.7. The summed E-state index contributed by atoms with van der Waals surface area (Å²) in [7, 11) is 0. The van der Waals surface area contributed by atoms with Crippen LogP contribution in [0.25, 0.3) is 0 Å². The molecule has 8 nitrogen and oxygen atoms in total. The topological polar surface area (TPSA) is 95.7 Å². The summed E-state index contributed by atoms with van der Waals surface area (Å²) in [5.74, 6) is -0.659. The van der Waals surface area contributed by atoms with Crippen LogP contribution >= 0.6 is 0 Å². The highest BCUT2D eigenvalue weighted by molar-refractivity contribution is 5.74. The molecular weight excluding hydrogens is 388 g/mol. The van der Waals surface area contributed by atoms with Crippen molar-refractivity contribution in [2.45, 2.75) is 71.6 Å². The van der Waals surface area contributed by atoms with Crippen molar-refractivity contribution < 1.29 is 28.5 Å². The average molecular weight is 422 g/mol. The van der Waals surface area contributed by atoms with E-state index in [0.29, 0.717) is 17.4 Å². The lowest BCUT2D eigenvalue weighted by atomic mass is 10.1. The Labute approximate surface area is 177 Å². The van der Waals surface area contributed by atoms with E-state index in [1.165, 1.54) is 12.1 Å². The number of nitro benzene ring substituents is 1. The summed E-state index contributed by atoms with van der Waals surface area (Å²) < 4.78 is 11.3. The van der Waals surface area contributed by atoms with Gasteiger partial charge in [-0.2, -0.15) is 0 Å². The van der Waals surface area contributed by atoms with Gasteiger partial charge >= 0.3 is 11.9 Å². The summed E-state index contributed by atoms with van der Waals surface area (Å²) in [6.45, 7) is 11.9. The quantitative estimate of drug-likeness (QED) is 0.210. The van der Waals surface area contributed by atoms with E-state index in [1.807, 2.05) is 41.5 Å². The highest BCUT2D eigenvalue weighted by atomic mass is 16.6. The van der Waals surface area contributed by atoms with E-state index in [4.69, 9.17) is 9.47 Å². The van der Waals surface area contributed by atoms with Crippen molar-refractivity contribution >= 4 is 17.6 Å². The molecule has 0 aromatic heterocycles. The molecule has 30 heavy (non-hydrogen) atoms. The number of benzene rings is 1. The average Bonchev–Trinajstić information content (AvgIpc) is 3.20. The van der Waals surface area contributed by atoms with Crippen molar-refractivity contribution in [1.82, 2.24) is 0 Å². The molecule has 1 aromatic rings. The van der Waals surface area contributed by atoms with Crippen LogP contribution in [-0.2, 0) is 25.5 Å². The monoisotopic (exact) mass is 421 g/mol. The normalized spacial score (nSPS) is 17.9. The first-order valence-corrected chi connectivity index (χ1v) is 10.2. The molecule has 0 amide bonds. The third-order valence-corrected chi connectivity index (χ3v) is 4.86. The molecule has 166 valence electrons. The maximum Gasteiger partial charge on any atom is 0.362 e. The Morgan fingerprint density at radius 1 is 1.00 bits per heavy atom. The van der Waals surface area contributed by atoms with Crippen LogP contribution < -0.4 is 0 Å². The zero-order valence-electron chi connectivity index (χ0n) is 18.8. The van der Waals surface area contributed by atoms with Gasteiger partial charge in [-0.05, 0) is 53.5 Å². The van der Waals surface area contributed by atoms with E-state index in [-0.39, 0.29) is 36.8 Å². The number of nitrogens with zero attached hydrogens (tertiary/aromatic N) is 2. The number of esters is 2. The van der Waals surface area contributed by atoms with Crippen LogP contribution in [-0.4, -0.2) is 58.2 Å². The van der Waals surface area contributed by atoms with E-state index in [2.05, 4.69) is 0 Å². The van der Waals surface area contributed by atoms with Crippen LogP contribution in [0.5, 0.6) is 0 Å². The number of non-ortho nitro benzene ring substituents is 1. The van der Waals surface area contributed by atoms with Gasteiger partial charge in [-0.15, -0.1) is 0 Å². The standard InChI is InChI=1S/C22H33N2O6/c1-21(2,3)29-19(25)14-24(15-20(26)30-22(4,5)6)13-18(24)12-9-16-7-10-17(11-8-16)23(27)28/h7-8,10-11,18H,9,12-15H2,1-6H3/q+1. The van der Waals surface area contributed by atoms with Crippen LogP contribution in [0.15, 0.2) is 24.3 Å². The maximum absolute atomic E-state index is 12.4. The molecule has 0 radical (unpaired) electrons. The van der Waals surface area contributed by atoms with Gasteiger partial charge in [0, 0.05) is 18.6 Å². The van der Waals surface area contributed by atoms with E-state index in [1.54, 1.807) is 12.1 Å². The number of carbonyl (C=O) groups excluding carboxylic acids is 2. The Balaban J connectivity index is 2.03. The molecule has 1 fully saturated rings. The van der Waals surface area contributed by atoms with Gasteiger partial charge in [-0.3, -0.25) is 14.6 Å². The van der Waals surface area contributed by atoms with Crippen molar-refractivity contribution in [3.8, 4) is 0 Å². The summed E-state index contributed by atoms with van der Waals surface area (Å²) in [4.78, 5) is 35.3. The molecule has 1 saturated heterocycles. The molecule has 0 N–H and O–H groups in total. The third kappa shape index (κ3) is 7.40. The molecule has 0 spiro atoms. The summed E-state index contributed by atoms with van der Waals surface area (Å²) >= 11 is 0. The number of ether oxygens (including phenoxy) is 2. The highest BCUT2D eigenvalue weighted by Gasteiger charge is 2.57. The smallest absolute Gasteiger partial charge is 0.362 e. The molecule has 0 aliphatic carbocycles. The van der Waals surface area contributed by atoms with Crippen molar-refractivity contribution in [3.05, 3.63) is 39.9 Å². The van der Waals surface area contributed by atoms with Crippen LogP contribution in [0.3, 0.4) is 0 Å². The highest BCUT2D eigenvalue weighted by Crippen LogP contribution is 2.35. The van der Waals surface area contributed by atoms with Crippen LogP contribution in [0, 0.1) is 10.1 Å². The van der Waals surface area contributed by atoms with Crippen molar-refractivity contribution in [2.75, 3.05) is 19.6 Å². The minimum Gasteiger partial charge on any atom is -0.456 e. The van der Waals surface area contributed by atoms with E-state index in [0.717, 1.165) is 12.0 Å². The lowest BCUT2D eigenvalue weighted by Crippen LogP contribution is -2.43. The third-order valence-electron chi connectivity index (χ3n) is 4.86. The summed E-state index contributed by atoms with van der Waals surface area (Å²) in [6, 6.07) is 6.62. The predicted molar refractivity (Wildman–Crippen MR) is 112 cm³/mol. The number of hydrogen-bond donors (Lipinski definition) is 0. The Kier molecular flexibility index (Phi) is 6.91. The molecule has 1 unspecified atom stereocenters. The van der Waals surface area contributed by atoms with Gasteiger partial charge in [0.2, 0.25) is 0 Å². The first-order valence-electron chi connectivity index (χ1n) is 10.2. The minimum atomic E-state index is -0.586. The fourth-order valence-electron chi connectivity index (χ4n) is 3.56. The molecule has 0 bridgehead atoms. The Bertz CT molecular complexity index is 759. The number of hydrogen-bond acceptors (Lipinski definition) is 6. The summed E-state index contributed by atoms with van der Waals surface area (Å²) in [6.07, 6.45) is 1.48. The van der Waals surface area contributed by atoms with Gasteiger partial charge in [0.05, 0.1) is 4.92 Å². The van der Waals surface area contributed by atoms with Crippen LogP contribution in [0.4, 0.5) is 5.69 Å². The van der Waals surface area contributed by atoms with Gasteiger partial charge in [-0.25, -0.2) is 9.59 Å². The van der Waals surface area contributed by atoms with Gasteiger partial charge < -0.3 is 9.47 Å². The molecule has 1 aromatic carbocycles. The first kappa shape index (κ1) is 23.8. The molecule has 1 atom stereocenters. The molecular formula is C22H33N2O6+.